The third kappa shape index (κ3) is 10.1. The standard InChI is InChI=1S/C27H44N2O3/c1-3-4-5-6-8-11-14-19-29(2)20-15-12-9-7-10-13-18-28-27(31)25-22-32-26-17-16-23(30)21-24(25)26/h16-17,21-22,30H,3-15,18-20H2,1-2H3,(H,28,31). The molecule has 0 aliphatic carbocycles. The average Bonchev–Trinajstić information content (AvgIpc) is 3.20. The summed E-state index contributed by atoms with van der Waals surface area (Å²) < 4.78 is 5.39. The molecule has 0 aliphatic heterocycles. The minimum atomic E-state index is -0.140. The highest BCUT2D eigenvalue weighted by Gasteiger charge is 2.13. The van der Waals surface area contributed by atoms with Crippen molar-refractivity contribution in [1.82, 2.24) is 10.2 Å². The lowest BCUT2D eigenvalue weighted by molar-refractivity contribution is 0.0953. The van der Waals surface area contributed by atoms with Gasteiger partial charge in [0.25, 0.3) is 5.91 Å². The molecule has 1 amide bonds. The molecule has 5 heteroatoms. The molecule has 0 saturated heterocycles. The van der Waals surface area contributed by atoms with E-state index in [1.807, 2.05) is 0 Å². The van der Waals surface area contributed by atoms with Crippen LogP contribution in [0.3, 0.4) is 0 Å². The van der Waals surface area contributed by atoms with E-state index in [1.165, 1.54) is 90.0 Å². The normalized spacial score (nSPS) is 11.5. The number of hydrogen-bond donors (Lipinski definition) is 2. The summed E-state index contributed by atoms with van der Waals surface area (Å²) in [6.07, 6.45) is 18.3. The van der Waals surface area contributed by atoms with Crippen molar-refractivity contribution in [2.45, 2.75) is 90.4 Å². The molecule has 1 aromatic heterocycles. The lowest BCUT2D eigenvalue weighted by Crippen LogP contribution is -2.24. The molecular formula is C27H44N2O3. The molecule has 0 aliphatic rings. The smallest absolute Gasteiger partial charge is 0.255 e. The number of rotatable bonds is 18. The molecule has 0 bridgehead atoms. The van der Waals surface area contributed by atoms with Crippen molar-refractivity contribution < 1.29 is 14.3 Å². The summed E-state index contributed by atoms with van der Waals surface area (Å²) in [5.74, 6) is -0.00436. The Labute approximate surface area is 194 Å². The van der Waals surface area contributed by atoms with Crippen LogP contribution in [0.2, 0.25) is 0 Å². The van der Waals surface area contributed by atoms with Crippen LogP contribution in [-0.2, 0) is 0 Å². The van der Waals surface area contributed by atoms with E-state index in [1.54, 1.807) is 18.2 Å². The van der Waals surface area contributed by atoms with Crippen LogP contribution in [0.25, 0.3) is 11.0 Å². The van der Waals surface area contributed by atoms with Crippen LogP contribution in [0.15, 0.2) is 28.9 Å². The fourth-order valence-corrected chi connectivity index (χ4v) is 4.15. The van der Waals surface area contributed by atoms with Crippen molar-refractivity contribution in [2.24, 2.45) is 0 Å². The summed E-state index contributed by atoms with van der Waals surface area (Å²) in [6.45, 7) is 5.39. The molecule has 2 aromatic rings. The molecular weight excluding hydrogens is 400 g/mol. The summed E-state index contributed by atoms with van der Waals surface area (Å²) in [5, 5.41) is 13.2. The van der Waals surface area contributed by atoms with Crippen LogP contribution in [-0.4, -0.2) is 42.6 Å². The predicted molar refractivity (Wildman–Crippen MR) is 133 cm³/mol. The number of phenolic OH excluding ortho intramolecular Hbond substituents is 1. The second-order valence-corrected chi connectivity index (χ2v) is 9.13. The Bertz CT molecular complexity index is 771. The Hall–Kier alpha value is -2.01. The number of aromatic hydroxyl groups is 1. The highest BCUT2D eigenvalue weighted by molar-refractivity contribution is 6.06. The van der Waals surface area contributed by atoms with Crippen LogP contribution < -0.4 is 5.32 Å². The van der Waals surface area contributed by atoms with Gasteiger partial charge in [-0.05, 0) is 57.6 Å². The fraction of sp³-hybridized carbons (Fsp3) is 0.667. The van der Waals surface area contributed by atoms with Crippen molar-refractivity contribution in [3.63, 3.8) is 0 Å². The predicted octanol–water partition coefficient (Wildman–Crippen LogP) is 6.89. The second-order valence-electron chi connectivity index (χ2n) is 9.13. The van der Waals surface area contributed by atoms with Crippen LogP contribution in [0.5, 0.6) is 5.75 Å². The molecule has 0 fully saturated rings. The Morgan fingerprint density at radius 3 is 2.16 bits per heavy atom. The number of fused-ring (bicyclic) bond motifs is 1. The van der Waals surface area contributed by atoms with Crippen molar-refractivity contribution in [1.29, 1.82) is 0 Å². The lowest BCUT2D eigenvalue weighted by Gasteiger charge is -2.16. The van der Waals surface area contributed by atoms with E-state index in [0.29, 0.717) is 23.1 Å². The van der Waals surface area contributed by atoms with Gasteiger partial charge in [-0.2, -0.15) is 0 Å². The Morgan fingerprint density at radius 1 is 0.906 bits per heavy atom. The molecule has 1 aromatic carbocycles. The van der Waals surface area contributed by atoms with E-state index in [2.05, 4.69) is 24.2 Å². The summed E-state index contributed by atoms with van der Waals surface area (Å²) in [4.78, 5) is 14.9. The Kier molecular flexibility index (Phi) is 12.9. The zero-order valence-electron chi connectivity index (χ0n) is 20.3. The van der Waals surface area contributed by atoms with Gasteiger partial charge in [0.15, 0.2) is 0 Å². The van der Waals surface area contributed by atoms with Gasteiger partial charge in [0.1, 0.15) is 17.6 Å². The van der Waals surface area contributed by atoms with E-state index in [4.69, 9.17) is 4.42 Å². The highest BCUT2D eigenvalue weighted by atomic mass is 16.3. The Morgan fingerprint density at radius 2 is 1.50 bits per heavy atom. The zero-order chi connectivity index (χ0) is 23.0. The molecule has 0 atom stereocenters. The molecule has 2 N–H and O–H groups in total. The minimum absolute atomic E-state index is 0.136. The van der Waals surface area contributed by atoms with Gasteiger partial charge < -0.3 is 19.7 Å². The second kappa shape index (κ2) is 15.7. The number of carbonyl (C=O) groups excluding carboxylic acids is 1. The molecule has 32 heavy (non-hydrogen) atoms. The maximum atomic E-state index is 12.4. The zero-order valence-corrected chi connectivity index (χ0v) is 20.3. The third-order valence-corrected chi connectivity index (χ3v) is 6.20. The van der Waals surface area contributed by atoms with Crippen LogP contribution in [0.1, 0.15) is 101 Å². The van der Waals surface area contributed by atoms with E-state index < -0.39 is 0 Å². The first kappa shape index (κ1) is 26.2. The molecule has 2 rings (SSSR count). The van der Waals surface area contributed by atoms with Gasteiger partial charge >= 0.3 is 0 Å². The number of amides is 1. The summed E-state index contributed by atoms with van der Waals surface area (Å²) >= 11 is 0. The number of carbonyl (C=O) groups is 1. The first-order valence-corrected chi connectivity index (χ1v) is 12.8. The molecule has 0 spiro atoms. The van der Waals surface area contributed by atoms with Gasteiger partial charge in [0.2, 0.25) is 0 Å². The first-order valence-electron chi connectivity index (χ1n) is 12.8. The van der Waals surface area contributed by atoms with Crippen LogP contribution in [0.4, 0.5) is 0 Å². The molecule has 5 nitrogen and oxygen atoms in total. The van der Waals surface area contributed by atoms with Gasteiger partial charge in [-0.15, -0.1) is 0 Å². The molecule has 0 unspecified atom stereocenters. The summed E-state index contributed by atoms with van der Waals surface area (Å²) in [5.41, 5.74) is 1.09. The first-order chi connectivity index (χ1) is 15.6. The van der Waals surface area contributed by atoms with E-state index in [-0.39, 0.29) is 11.7 Å². The van der Waals surface area contributed by atoms with Crippen molar-refractivity contribution in [2.75, 3.05) is 26.7 Å². The topological polar surface area (TPSA) is 65.7 Å². The SMILES string of the molecule is CCCCCCCCCN(C)CCCCCCCCNC(=O)c1coc2ccc(O)cc12. The van der Waals surface area contributed by atoms with E-state index in [0.717, 1.165) is 12.8 Å². The number of phenols is 1. The van der Waals surface area contributed by atoms with Gasteiger partial charge in [0, 0.05) is 11.9 Å². The maximum Gasteiger partial charge on any atom is 0.255 e. The largest absolute Gasteiger partial charge is 0.508 e. The lowest BCUT2D eigenvalue weighted by atomic mass is 10.1. The Balaban J connectivity index is 1.42. The number of nitrogens with zero attached hydrogens (tertiary/aromatic N) is 1. The average molecular weight is 445 g/mol. The quantitative estimate of drug-likeness (QED) is 0.246. The van der Waals surface area contributed by atoms with Gasteiger partial charge in [-0.25, -0.2) is 0 Å². The number of nitrogens with one attached hydrogen (secondary N) is 1. The van der Waals surface area contributed by atoms with Crippen LogP contribution >= 0.6 is 0 Å². The molecule has 0 saturated carbocycles. The van der Waals surface area contributed by atoms with Crippen LogP contribution in [0, 0.1) is 0 Å². The summed E-state index contributed by atoms with van der Waals surface area (Å²) in [6, 6.07) is 4.80. The number of unbranched alkanes of at least 4 members (excludes halogenated alkanes) is 11. The van der Waals surface area contributed by atoms with Gasteiger partial charge in [0.05, 0.1) is 5.56 Å². The number of furan rings is 1. The highest BCUT2D eigenvalue weighted by Crippen LogP contribution is 2.25. The minimum Gasteiger partial charge on any atom is -0.508 e. The van der Waals surface area contributed by atoms with Gasteiger partial charge in [-0.3, -0.25) is 4.79 Å². The summed E-state index contributed by atoms with van der Waals surface area (Å²) in [7, 11) is 2.25. The molecule has 0 radical (unpaired) electrons. The van der Waals surface area contributed by atoms with Gasteiger partial charge in [-0.1, -0.05) is 71.1 Å². The fourth-order valence-electron chi connectivity index (χ4n) is 4.15. The molecule has 180 valence electrons. The number of hydrogen-bond acceptors (Lipinski definition) is 4. The third-order valence-electron chi connectivity index (χ3n) is 6.20. The number of benzene rings is 1. The molecule has 1 heterocycles. The van der Waals surface area contributed by atoms with Crippen molar-refractivity contribution in [3.05, 3.63) is 30.0 Å². The van der Waals surface area contributed by atoms with E-state index >= 15 is 0 Å². The monoisotopic (exact) mass is 444 g/mol. The van der Waals surface area contributed by atoms with Crippen molar-refractivity contribution in [3.8, 4) is 5.75 Å². The van der Waals surface area contributed by atoms with Crippen molar-refractivity contribution >= 4 is 16.9 Å². The van der Waals surface area contributed by atoms with E-state index in [9.17, 15) is 9.90 Å². The maximum absolute atomic E-state index is 12.4.